The molecule has 1 aromatic rings. The van der Waals surface area contributed by atoms with Gasteiger partial charge >= 0.3 is 5.97 Å². The van der Waals surface area contributed by atoms with E-state index in [2.05, 4.69) is 0 Å². The number of esters is 1. The van der Waals surface area contributed by atoms with Crippen LogP contribution in [0.25, 0.3) is 0 Å². The smallest absolute Gasteiger partial charge is 0.309 e. The predicted octanol–water partition coefficient (Wildman–Crippen LogP) is 3.11. The van der Waals surface area contributed by atoms with Crippen LogP contribution in [0.4, 0.5) is 0 Å². The summed E-state index contributed by atoms with van der Waals surface area (Å²) in [6.45, 7) is 5.35. The van der Waals surface area contributed by atoms with Crippen LogP contribution in [0.15, 0.2) is 24.3 Å². The van der Waals surface area contributed by atoms with Gasteiger partial charge in [0.05, 0.1) is 12.5 Å². The van der Waals surface area contributed by atoms with Crippen LogP contribution in [0.1, 0.15) is 38.9 Å². The van der Waals surface area contributed by atoms with Crippen molar-refractivity contribution < 1.29 is 14.6 Å². The minimum absolute atomic E-state index is 0.0962. The number of benzene rings is 1. The number of hydrogen-bond donors (Lipinski definition) is 1. The maximum absolute atomic E-state index is 11.5. The summed E-state index contributed by atoms with van der Waals surface area (Å²) in [5.41, 5.74) is -0.00267. The normalized spacial score (nSPS) is 13.2. The molecule has 0 spiro atoms. The first kappa shape index (κ1) is 14.0. The summed E-state index contributed by atoms with van der Waals surface area (Å²) >= 11 is 5.92. The first-order chi connectivity index (χ1) is 7.79. The van der Waals surface area contributed by atoms with Crippen molar-refractivity contribution in [2.45, 2.75) is 38.9 Å². The van der Waals surface area contributed by atoms with Crippen LogP contribution in [-0.4, -0.2) is 16.7 Å². The van der Waals surface area contributed by atoms with Gasteiger partial charge in [-0.1, -0.05) is 29.8 Å². The van der Waals surface area contributed by atoms with E-state index in [4.69, 9.17) is 16.3 Å². The lowest BCUT2D eigenvalue weighted by atomic mass is 10.1. The first-order valence-corrected chi connectivity index (χ1v) is 5.82. The van der Waals surface area contributed by atoms with Crippen molar-refractivity contribution in [1.82, 2.24) is 0 Å². The Balaban J connectivity index is 2.64. The molecule has 17 heavy (non-hydrogen) atoms. The van der Waals surface area contributed by atoms with E-state index in [9.17, 15) is 9.90 Å². The Labute approximate surface area is 106 Å². The minimum Gasteiger partial charge on any atom is -0.460 e. The number of carbonyl (C=O) groups excluding carboxylic acids is 1. The molecule has 0 radical (unpaired) electrons. The van der Waals surface area contributed by atoms with Gasteiger partial charge < -0.3 is 9.84 Å². The highest BCUT2D eigenvalue weighted by Gasteiger charge is 2.21. The van der Waals surface area contributed by atoms with E-state index in [0.717, 1.165) is 0 Å². The van der Waals surface area contributed by atoms with Gasteiger partial charge in [0.15, 0.2) is 0 Å². The van der Waals surface area contributed by atoms with Crippen LogP contribution in [-0.2, 0) is 9.53 Å². The average Bonchev–Trinajstić information content (AvgIpc) is 2.14. The van der Waals surface area contributed by atoms with Crippen molar-refractivity contribution in [3.05, 3.63) is 34.9 Å². The van der Waals surface area contributed by atoms with Crippen LogP contribution in [0.3, 0.4) is 0 Å². The summed E-state index contributed by atoms with van der Waals surface area (Å²) in [6.07, 6.45) is -1.03. The number of hydrogen-bond acceptors (Lipinski definition) is 3. The largest absolute Gasteiger partial charge is 0.460 e. The fourth-order valence-corrected chi connectivity index (χ4v) is 1.66. The molecule has 0 aliphatic carbocycles. The number of carbonyl (C=O) groups is 1. The van der Waals surface area contributed by atoms with Gasteiger partial charge in [-0.05, 0) is 32.4 Å². The van der Waals surface area contributed by atoms with Crippen molar-refractivity contribution in [1.29, 1.82) is 0 Å². The lowest BCUT2D eigenvalue weighted by Crippen LogP contribution is -2.24. The second-order valence-corrected chi connectivity index (χ2v) is 5.24. The topological polar surface area (TPSA) is 46.5 Å². The summed E-state index contributed by atoms with van der Waals surface area (Å²) in [6, 6.07) is 6.90. The van der Waals surface area contributed by atoms with Gasteiger partial charge in [0.25, 0.3) is 0 Å². The van der Waals surface area contributed by atoms with E-state index in [1.807, 2.05) is 0 Å². The molecule has 0 unspecified atom stereocenters. The Morgan fingerprint density at radius 3 is 2.53 bits per heavy atom. The number of ether oxygens (including phenoxy) is 1. The summed E-state index contributed by atoms with van der Waals surface area (Å²) in [5.74, 6) is -0.440. The monoisotopic (exact) mass is 256 g/mol. The molecule has 0 fully saturated rings. The van der Waals surface area contributed by atoms with Crippen LogP contribution in [0, 0.1) is 0 Å². The lowest BCUT2D eigenvalue weighted by Gasteiger charge is -2.21. The fraction of sp³-hybridized carbons (Fsp3) is 0.462. The molecule has 94 valence electrons. The molecule has 1 atom stereocenters. The van der Waals surface area contributed by atoms with Crippen LogP contribution >= 0.6 is 11.6 Å². The van der Waals surface area contributed by atoms with Gasteiger partial charge in [-0.15, -0.1) is 0 Å². The SMILES string of the molecule is CC(C)(C)OC(=O)C[C@H](O)c1ccccc1Cl. The van der Waals surface area contributed by atoms with Gasteiger partial charge in [-0.25, -0.2) is 0 Å². The summed E-state index contributed by atoms with van der Waals surface area (Å²) in [5, 5.41) is 10.3. The van der Waals surface area contributed by atoms with E-state index in [-0.39, 0.29) is 6.42 Å². The zero-order valence-electron chi connectivity index (χ0n) is 10.2. The average molecular weight is 257 g/mol. The Bertz CT molecular complexity index is 396. The molecule has 0 saturated carbocycles. The first-order valence-electron chi connectivity index (χ1n) is 5.44. The van der Waals surface area contributed by atoms with Gasteiger partial charge in [0.1, 0.15) is 5.60 Å². The molecular formula is C13H17ClO3. The van der Waals surface area contributed by atoms with Crippen molar-refractivity contribution in [2.75, 3.05) is 0 Å². The molecule has 0 aliphatic heterocycles. The molecule has 1 aromatic carbocycles. The number of halogens is 1. The van der Waals surface area contributed by atoms with Crippen molar-refractivity contribution in [2.24, 2.45) is 0 Å². The number of aliphatic hydroxyl groups excluding tert-OH is 1. The van der Waals surface area contributed by atoms with E-state index in [0.29, 0.717) is 10.6 Å². The second-order valence-electron chi connectivity index (χ2n) is 4.83. The van der Waals surface area contributed by atoms with Gasteiger partial charge in [-0.2, -0.15) is 0 Å². The van der Waals surface area contributed by atoms with E-state index < -0.39 is 17.7 Å². The third-order valence-corrected chi connectivity index (χ3v) is 2.39. The maximum atomic E-state index is 11.5. The van der Waals surface area contributed by atoms with Crippen LogP contribution in [0.5, 0.6) is 0 Å². The molecule has 0 saturated heterocycles. The van der Waals surface area contributed by atoms with E-state index in [1.54, 1.807) is 45.0 Å². The van der Waals surface area contributed by atoms with Gasteiger partial charge in [-0.3, -0.25) is 4.79 Å². The van der Waals surface area contributed by atoms with Crippen molar-refractivity contribution in [3.63, 3.8) is 0 Å². The minimum atomic E-state index is -0.932. The zero-order chi connectivity index (χ0) is 13.1. The zero-order valence-corrected chi connectivity index (χ0v) is 11.0. The molecule has 1 N–H and O–H groups in total. The Morgan fingerprint density at radius 1 is 1.41 bits per heavy atom. The predicted molar refractivity (Wildman–Crippen MR) is 66.9 cm³/mol. The molecule has 4 heteroatoms. The lowest BCUT2D eigenvalue weighted by molar-refractivity contribution is -0.157. The van der Waals surface area contributed by atoms with Gasteiger partial charge in [0.2, 0.25) is 0 Å². The highest BCUT2D eigenvalue weighted by atomic mass is 35.5. The molecule has 0 bridgehead atoms. The quantitative estimate of drug-likeness (QED) is 0.846. The molecule has 0 aliphatic rings. The second kappa shape index (κ2) is 5.52. The molecular weight excluding hydrogens is 240 g/mol. The molecule has 1 rings (SSSR count). The number of rotatable bonds is 3. The van der Waals surface area contributed by atoms with Crippen LogP contribution < -0.4 is 0 Å². The standard InChI is InChI=1S/C13H17ClO3/c1-13(2,3)17-12(16)8-11(15)9-6-4-5-7-10(9)14/h4-7,11,15H,8H2,1-3H3/t11-/m0/s1. The maximum Gasteiger partial charge on any atom is 0.309 e. The van der Waals surface area contributed by atoms with E-state index >= 15 is 0 Å². The number of aliphatic hydroxyl groups is 1. The molecule has 3 nitrogen and oxygen atoms in total. The Kier molecular flexibility index (Phi) is 4.54. The summed E-state index contributed by atoms with van der Waals surface area (Å²) in [4.78, 5) is 11.5. The van der Waals surface area contributed by atoms with Crippen LogP contribution in [0.2, 0.25) is 5.02 Å². The molecule has 0 amide bonds. The summed E-state index contributed by atoms with van der Waals surface area (Å²) < 4.78 is 5.13. The van der Waals surface area contributed by atoms with Crippen molar-refractivity contribution in [3.8, 4) is 0 Å². The Hall–Kier alpha value is -1.06. The fourth-order valence-electron chi connectivity index (χ4n) is 1.40. The van der Waals surface area contributed by atoms with Gasteiger partial charge in [0, 0.05) is 5.02 Å². The highest BCUT2D eigenvalue weighted by Crippen LogP contribution is 2.25. The highest BCUT2D eigenvalue weighted by molar-refractivity contribution is 6.31. The van der Waals surface area contributed by atoms with Crippen molar-refractivity contribution >= 4 is 17.6 Å². The van der Waals surface area contributed by atoms with E-state index in [1.165, 1.54) is 0 Å². The molecule has 0 heterocycles. The third kappa shape index (κ3) is 4.75. The Morgan fingerprint density at radius 2 is 2.00 bits per heavy atom. The third-order valence-electron chi connectivity index (χ3n) is 2.04. The summed E-state index contributed by atoms with van der Waals surface area (Å²) in [7, 11) is 0. The molecule has 0 aromatic heterocycles.